The van der Waals surface area contributed by atoms with Gasteiger partial charge in [-0.25, -0.2) is 0 Å². The number of aliphatic hydroxyl groups excluding tert-OH is 1. The molecule has 1 aliphatic heterocycles. The van der Waals surface area contributed by atoms with Gasteiger partial charge >= 0.3 is 6.61 Å². The number of halogens is 2. The zero-order chi connectivity index (χ0) is 22.9. The molecule has 2 heterocycles. The Hall–Kier alpha value is -3.31. The lowest BCUT2D eigenvalue weighted by Crippen LogP contribution is -2.33. The van der Waals surface area contributed by atoms with Crippen molar-refractivity contribution in [1.82, 2.24) is 14.1 Å². The monoisotopic (exact) mass is 463 g/mol. The van der Waals surface area contributed by atoms with E-state index in [9.17, 15) is 27.1 Å². The van der Waals surface area contributed by atoms with Gasteiger partial charge in [0.05, 0.1) is 29.7 Å². The largest absolute Gasteiger partial charge is 0.435 e. The standard InChI is InChI=1S/C21H19F2N3O5S/c22-21(23)31-16-7-4-8-17(9-16)32(29,30)26-11-15-10-25(12-19(15)24-26)20(28)18(13-27)14-5-2-1-3-6-14/h1-9,11,18,21,27H,10,12-13H2/t18-/m1/s1. The number of rotatable bonds is 7. The van der Waals surface area contributed by atoms with Crippen LogP contribution in [0, 0.1) is 0 Å². The first-order chi connectivity index (χ1) is 15.3. The van der Waals surface area contributed by atoms with Crippen LogP contribution in [-0.2, 0) is 27.9 Å². The normalized spacial score (nSPS) is 14.4. The number of carbonyl (C=O) groups excluding carboxylic acids is 1. The van der Waals surface area contributed by atoms with Crippen LogP contribution in [0.25, 0.3) is 0 Å². The summed E-state index contributed by atoms with van der Waals surface area (Å²) in [4.78, 5) is 14.2. The van der Waals surface area contributed by atoms with Gasteiger partial charge in [0.15, 0.2) is 0 Å². The van der Waals surface area contributed by atoms with Gasteiger partial charge in [-0.05, 0) is 17.7 Å². The summed E-state index contributed by atoms with van der Waals surface area (Å²) in [7, 11) is -4.14. The molecule has 2 aromatic carbocycles. The highest BCUT2D eigenvalue weighted by Crippen LogP contribution is 2.28. The molecule has 4 rings (SSSR count). The molecule has 1 atom stereocenters. The smallest absolute Gasteiger partial charge is 0.387 e. The maximum absolute atomic E-state index is 12.9. The van der Waals surface area contributed by atoms with Gasteiger partial charge in [0.25, 0.3) is 10.0 Å². The number of ether oxygens (including phenoxy) is 1. The molecule has 1 N–H and O–H groups in total. The number of amides is 1. The van der Waals surface area contributed by atoms with Gasteiger partial charge in [0, 0.05) is 24.4 Å². The maximum Gasteiger partial charge on any atom is 0.387 e. The minimum Gasteiger partial charge on any atom is -0.435 e. The topological polar surface area (TPSA) is 102 Å². The van der Waals surface area contributed by atoms with Gasteiger partial charge in [0.2, 0.25) is 5.91 Å². The van der Waals surface area contributed by atoms with E-state index in [0.717, 1.165) is 10.2 Å². The highest BCUT2D eigenvalue weighted by molar-refractivity contribution is 7.89. The first-order valence-electron chi connectivity index (χ1n) is 9.62. The molecule has 0 aliphatic carbocycles. The number of fused-ring (bicyclic) bond motifs is 1. The highest BCUT2D eigenvalue weighted by atomic mass is 32.2. The lowest BCUT2D eigenvalue weighted by atomic mass is 9.98. The number of alkyl halides is 2. The van der Waals surface area contributed by atoms with E-state index in [1.165, 1.54) is 29.3 Å². The predicted molar refractivity (Wildman–Crippen MR) is 108 cm³/mol. The van der Waals surface area contributed by atoms with Crippen LogP contribution < -0.4 is 4.74 Å². The average molecular weight is 463 g/mol. The molecule has 11 heteroatoms. The molecular formula is C21H19F2N3O5S. The molecule has 32 heavy (non-hydrogen) atoms. The van der Waals surface area contributed by atoms with Crippen LogP contribution in [0.15, 0.2) is 65.7 Å². The Bertz CT molecular complexity index is 1210. The van der Waals surface area contributed by atoms with Crippen molar-refractivity contribution in [2.45, 2.75) is 30.5 Å². The van der Waals surface area contributed by atoms with Crippen LogP contribution in [-0.4, -0.2) is 46.7 Å². The third kappa shape index (κ3) is 4.21. The van der Waals surface area contributed by atoms with E-state index < -0.39 is 22.6 Å². The van der Waals surface area contributed by atoms with E-state index in [1.54, 1.807) is 24.3 Å². The van der Waals surface area contributed by atoms with Crippen molar-refractivity contribution in [3.63, 3.8) is 0 Å². The van der Waals surface area contributed by atoms with Crippen LogP contribution >= 0.6 is 0 Å². The van der Waals surface area contributed by atoms with Crippen LogP contribution in [0.4, 0.5) is 8.78 Å². The number of aliphatic hydroxyl groups is 1. The van der Waals surface area contributed by atoms with Crippen molar-refractivity contribution in [3.05, 3.63) is 77.6 Å². The molecule has 3 aromatic rings. The summed E-state index contributed by atoms with van der Waals surface area (Å²) in [6.45, 7) is -3.21. The highest BCUT2D eigenvalue weighted by Gasteiger charge is 2.33. The first-order valence-corrected chi connectivity index (χ1v) is 11.1. The second-order valence-corrected chi connectivity index (χ2v) is 8.97. The van der Waals surface area contributed by atoms with Gasteiger partial charge in [-0.1, -0.05) is 36.4 Å². The Balaban J connectivity index is 1.53. The first kappa shape index (κ1) is 21.9. The van der Waals surface area contributed by atoms with E-state index >= 15 is 0 Å². The number of benzene rings is 2. The van der Waals surface area contributed by atoms with Crippen molar-refractivity contribution in [3.8, 4) is 5.75 Å². The van der Waals surface area contributed by atoms with Gasteiger partial charge in [-0.15, -0.1) is 0 Å². The Morgan fingerprint density at radius 2 is 1.88 bits per heavy atom. The van der Waals surface area contributed by atoms with Gasteiger partial charge in [0.1, 0.15) is 5.75 Å². The van der Waals surface area contributed by atoms with Crippen molar-refractivity contribution in [1.29, 1.82) is 0 Å². The zero-order valence-electron chi connectivity index (χ0n) is 16.6. The summed E-state index contributed by atoms with van der Waals surface area (Å²) in [5, 5.41) is 13.8. The SMILES string of the molecule is O=C([C@H](CO)c1ccccc1)N1Cc2cn(S(=O)(=O)c3cccc(OC(F)F)c3)nc2C1. The Kier molecular flexibility index (Phi) is 5.94. The minimum atomic E-state index is -4.14. The van der Waals surface area contributed by atoms with E-state index in [2.05, 4.69) is 9.84 Å². The summed E-state index contributed by atoms with van der Waals surface area (Å²) in [6.07, 6.45) is 1.30. The number of hydrogen-bond donors (Lipinski definition) is 1. The fourth-order valence-corrected chi connectivity index (χ4v) is 4.76. The zero-order valence-corrected chi connectivity index (χ0v) is 17.5. The number of hydrogen-bond acceptors (Lipinski definition) is 6. The van der Waals surface area contributed by atoms with Crippen LogP contribution in [0.1, 0.15) is 22.7 Å². The van der Waals surface area contributed by atoms with Gasteiger partial charge in [-0.3, -0.25) is 4.79 Å². The summed E-state index contributed by atoms with van der Waals surface area (Å²) < 4.78 is 55.7. The summed E-state index contributed by atoms with van der Waals surface area (Å²) in [5.41, 5.74) is 1.64. The summed E-state index contributed by atoms with van der Waals surface area (Å²) in [5.74, 6) is -1.30. The molecular weight excluding hydrogens is 444 g/mol. The molecule has 0 radical (unpaired) electrons. The molecule has 1 aromatic heterocycles. The Labute approximate surface area is 182 Å². The maximum atomic E-state index is 12.9. The molecule has 168 valence electrons. The molecule has 0 bridgehead atoms. The number of nitrogens with zero attached hydrogens (tertiary/aromatic N) is 3. The summed E-state index contributed by atoms with van der Waals surface area (Å²) >= 11 is 0. The fraction of sp³-hybridized carbons (Fsp3) is 0.238. The van der Waals surface area contributed by atoms with Crippen molar-refractivity contribution < 1.29 is 31.8 Å². The molecule has 1 aliphatic rings. The van der Waals surface area contributed by atoms with Crippen LogP contribution in [0.5, 0.6) is 5.75 Å². The van der Waals surface area contributed by atoms with E-state index in [-0.39, 0.29) is 36.2 Å². The second-order valence-electron chi connectivity index (χ2n) is 7.17. The van der Waals surface area contributed by atoms with E-state index in [4.69, 9.17) is 0 Å². The third-order valence-electron chi connectivity index (χ3n) is 5.13. The third-order valence-corrected chi connectivity index (χ3v) is 6.66. The van der Waals surface area contributed by atoms with E-state index in [1.807, 2.05) is 6.07 Å². The molecule has 0 fully saturated rings. The quantitative estimate of drug-likeness (QED) is 0.577. The van der Waals surface area contributed by atoms with Gasteiger partial charge < -0.3 is 14.7 Å². The van der Waals surface area contributed by atoms with Gasteiger partial charge in [-0.2, -0.15) is 26.4 Å². The average Bonchev–Trinajstić information content (AvgIpc) is 3.35. The molecule has 0 spiro atoms. The van der Waals surface area contributed by atoms with Crippen LogP contribution in [0.2, 0.25) is 0 Å². The fourth-order valence-electron chi connectivity index (χ4n) is 3.56. The lowest BCUT2D eigenvalue weighted by Gasteiger charge is -2.22. The minimum absolute atomic E-state index is 0.0918. The van der Waals surface area contributed by atoms with Crippen molar-refractivity contribution in [2.75, 3.05) is 6.61 Å². The van der Waals surface area contributed by atoms with E-state index in [0.29, 0.717) is 16.8 Å². The molecule has 0 saturated carbocycles. The number of aromatic nitrogens is 2. The predicted octanol–water partition coefficient (Wildman–Crippen LogP) is 2.34. The Morgan fingerprint density at radius 3 is 2.53 bits per heavy atom. The second kappa shape index (κ2) is 8.67. The van der Waals surface area contributed by atoms with Crippen molar-refractivity contribution >= 4 is 15.9 Å². The molecule has 1 amide bonds. The molecule has 8 nitrogen and oxygen atoms in total. The molecule has 0 unspecified atom stereocenters. The lowest BCUT2D eigenvalue weighted by molar-refractivity contribution is -0.134. The summed E-state index contributed by atoms with van der Waals surface area (Å²) in [6, 6.07) is 13.6. The van der Waals surface area contributed by atoms with Crippen LogP contribution in [0.3, 0.4) is 0 Å². The molecule has 0 saturated heterocycles. The number of carbonyl (C=O) groups is 1. The van der Waals surface area contributed by atoms with Crippen molar-refractivity contribution in [2.24, 2.45) is 0 Å². The Morgan fingerprint density at radius 1 is 1.12 bits per heavy atom.